The maximum absolute atomic E-state index is 2.17. The topological polar surface area (TPSA) is 6.48 Å². The number of hydrogen-bond donors (Lipinski definition) is 0. The molecule has 1 aliphatic rings. The molecule has 3 heteroatoms. The van der Waals surface area contributed by atoms with Gasteiger partial charge < -0.3 is 9.80 Å². The third kappa shape index (κ3) is 1.88. The first-order valence-electron chi connectivity index (χ1n) is 2.84. The molecule has 48 valence electrons. The molecule has 1 heterocycles. The third-order valence-corrected chi connectivity index (χ3v) is 1.72. The summed E-state index contributed by atoms with van der Waals surface area (Å²) in [6.07, 6.45) is 4.69. The van der Waals surface area contributed by atoms with Gasteiger partial charge in [0, 0.05) is 26.5 Å². The Morgan fingerprint density at radius 3 is 1.56 bits per heavy atom. The van der Waals surface area contributed by atoms with E-state index in [2.05, 4.69) is 43.2 Å². The average molecular weight is 136 g/mol. The van der Waals surface area contributed by atoms with E-state index in [1.807, 2.05) is 0 Å². The van der Waals surface area contributed by atoms with E-state index in [0.717, 1.165) is 0 Å². The second kappa shape index (κ2) is 3.49. The Hall–Kier alpha value is 0.340. The van der Waals surface area contributed by atoms with Crippen LogP contribution in [0.5, 0.6) is 0 Å². The molecule has 0 unspecified atom stereocenters. The molecular weight excluding hydrogens is 123 g/mol. The van der Waals surface area contributed by atoms with Gasteiger partial charge >= 0.3 is 29.6 Å². The first-order chi connectivity index (χ1) is 3.72. The molecule has 9 heavy (non-hydrogen) atoms. The van der Waals surface area contributed by atoms with Crippen LogP contribution in [0.2, 0.25) is 0 Å². The monoisotopic (exact) mass is 136 g/mol. The van der Waals surface area contributed by atoms with Gasteiger partial charge in [0.2, 0.25) is 0 Å². The van der Waals surface area contributed by atoms with Crippen LogP contribution in [0.15, 0.2) is 12.4 Å². The Bertz CT molecular complexity index is 102. The van der Waals surface area contributed by atoms with Crippen molar-refractivity contribution in [3.63, 3.8) is 0 Å². The van der Waals surface area contributed by atoms with Crippen molar-refractivity contribution in [3.05, 3.63) is 12.4 Å². The number of nitrogens with zero attached hydrogens (tertiary/aromatic N) is 2. The van der Waals surface area contributed by atoms with Gasteiger partial charge in [-0.2, -0.15) is 0 Å². The molecule has 0 atom stereocenters. The normalized spacial score (nSPS) is 18.6. The minimum absolute atomic E-state index is 0. The maximum atomic E-state index is 2.17. The average Bonchev–Trinajstić information content (AvgIpc) is 1.98. The van der Waals surface area contributed by atoms with Gasteiger partial charge in [-0.15, -0.1) is 0 Å². The van der Waals surface area contributed by atoms with E-state index in [9.17, 15) is 0 Å². The van der Waals surface area contributed by atoms with Crippen LogP contribution >= 0.6 is 0 Å². The van der Waals surface area contributed by atoms with Gasteiger partial charge in [-0.05, 0) is 6.92 Å². The van der Waals surface area contributed by atoms with Gasteiger partial charge in [-0.3, -0.25) is 0 Å². The molecule has 1 aliphatic heterocycles. The van der Waals surface area contributed by atoms with Crippen molar-refractivity contribution in [3.8, 4) is 0 Å². The second-order valence-corrected chi connectivity index (χ2v) is 2.26. The van der Waals surface area contributed by atoms with E-state index < -0.39 is 0 Å². The summed E-state index contributed by atoms with van der Waals surface area (Å²) in [6.45, 7) is 2.17. The molecule has 0 aromatic rings. The summed E-state index contributed by atoms with van der Waals surface area (Å²) in [5.41, 5.74) is 0. The molecule has 0 aromatic heterocycles. The molecule has 1 rings (SSSR count). The number of rotatable bonds is 0. The summed E-state index contributed by atoms with van der Waals surface area (Å²) < 4.78 is 0. The number of hydrogen-bond acceptors (Lipinski definition) is 2. The van der Waals surface area contributed by atoms with E-state index in [1.54, 1.807) is 0 Å². The summed E-state index contributed by atoms with van der Waals surface area (Å²) in [6, 6.07) is 0. The first kappa shape index (κ1) is 9.34. The zero-order valence-electron chi connectivity index (χ0n) is 5.63. The Morgan fingerprint density at radius 2 is 1.44 bits per heavy atom. The quantitative estimate of drug-likeness (QED) is 0.433. The Labute approximate surface area is 78.8 Å². The van der Waals surface area contributed by atoms with E-state index in [1.165, 1.54) is 0 Å². The molecule has 0 radical (unpaired) electrons. The van der Waals surface area contributed by atoms with E-state index in [4.69, 9.17) is 0 Å². The van der Waals surface area contributed by atoms with Crippen molar-refractivity contribution < 1.29 is 0 Å². The first-order valence-corrected chi connectivity index (χ1v) is 2.84. The fraction of sp³-hybridized carbons (Fsp3) is 0.667. The molecule has 0 saturated carbocycles. The molecule has 0 bridgehead atoms. The Kier molecular flexibility index (Phi) is 3.63. The SMILES string of the molecule is CC1N(C)C=CN1C.[NaH]. The van der Waals surface area contributed by atoms with Crippen LogP contribution in [0, 0.1) is 0 Å². The molecule has 0 saturated heterocycles. The van der Waals surface area contributed by atoms with Crippen molar-refractivity contribution in [1.82, 2.24) is 9.80 Å². The fourth-order valence-corrected chi connectivity index (χ4v) is 0.747. The van der Waals surface area contributed by atoms with E-state index in [-0.39, 0.29) is 29.6 Å². The molecule has 0 N–H and O–H groups in total. The van der Waals surface area contributed by atoms with E-state index >= 15 is 0 Å². The van der Waals surface area contributed by atoms with Crippen LogP contribution in [0.1, 0.15) is 6.92 Å². The molecule has 0 aliphatic carbocycles. The summed E-state index contributed by atoms with van der Waals surface area (Å²) in [7, 11) is 4.15. The van der Waals surface area contributed by atoms with Crippen molar-refractivity contribution in [2.45, 2.75) is 13.1 Å². The van der Waals surface area contributed by atoms with Crippen LogP contribution in [-0.4, -0.2) is 59.6 Å². The van der Waals surface area contributed by atoms with Gasteiger partial charge in [-0.25, -0.2) is 0 Å². The van der Waals surface area contributed by atoms with Gasteiger partial charge in [0.05, 0.1) is 6.17 Å². The summed E-state index contributed by atoms with van der Waals surface area (Å²) >= 11 is 0. The van der Waals surface area contributed by atoms with E-state index in [0.29, 0.717) is 6.17 Å². The van der Waals surface area contributed by atoms with Crippen LogP contribution in [0.25, 0.3) is 0 Å². The minimum atomic E-state index is 0. The zero-order valence-corrected chi connectivity index (χ0v) is 5.63. The molecule has 0 fully saturated rings. The molecule has 0 aromatic carbocycles. The van der Waals surface area contributed by atoms with Crippen LogP contribution in [0.4, 0.5) is 0 Å². The summed E-state index contributed by atoms with van der Waals surface area (Å²) in [5, 5.41) is 0. The molecule has 0 spiro atoms. The van der Waals surface area contributed by atoms with Gasteiger partial charge in [0.1, 0.15) is 0 Å². The molecule has 2 nitrogen and oxygen atoms in total. The van der Waals surface area contributed by atoms with Gasteiger partial charge in [0.15, 0.2) is 0 Å². The van der Waals surface area contributed by atoms with Crippen molar-refractivity contribution in [2.24, 2.45) is 0 Å². The fourth-order valence-electron chi connectivity index (χ4n) is 0.747. The zero-order chi connectivity index (χ0) is 6.15. The summed E-state index contributed by atoms with van der Waals surface area (Å²) in [4.78, 5) is 4.33. The van der Waals surface area contributed by atoms with Crippen LogP contribution in [-0.2, 0) is 0 Å². The van der Waals surface area contributed by atoms with Crippen molar-refractivity contribution in [2.75, 3.05) is 14.1 Å². The second-order valence-electron chi connectivity index (χ2n) is 2.26. The van der Waals surface area contributed by atoms with Crippen LogP contribution in [0.3, 0.4) is 0 Å². The predicted molar refractivity (Wildman–Crippen MR) is 41.3 cm³/mol. The molecular formula is C6H13N2Na. The van der Waals surface area contributed by atoms with Crippen molar-refractivity contribution >= 4 is 29.6 Å². The summed E-state index contributed by atoms with van der Waals surface area (Å²) in [5.74, 6) is 0. The van der Waals surface area contributed by atoms with Gasteiger partial charge in [-0.1, -0.05) is 0 Å². The predicted octanol–water partition coefficient (Wildman–Crippen LogP) is 0.0323. The van der Waals surface area contributed by atoms with Crippen LogP contribution < -0.4 is 0 Å². The Balaban J connectivity index is 0.000000640. The molecule has 0 amide bonds. The standard InChI is InChI=1S/C6H12N2.Na.H/c1-6-7(2)4-5-8(6)3;;/h4-6H,1-3H3;;. The Morgan fingerprint density at radius 1 is 1.11 bits per heavy atom. The van der Waals surface area contributed by atoms with Crippen molar-refractivity contribution in [1.29, 1.82) is 0 Å². The third-order valence-electron chi connectivity index (χ3n) is 1.72. The van der Waals surface area contributed by atoms with Gasteiger partial charge in [0.25, 0.3) is 0 Å².